The van der Waals surface area contributed by atoms with E-state index in [1.807, 2.05) is 0 Å². The van der Waals surface area contributed by atoms with Crippen LogP contribution in [-0.4, -0.2) is 54.1 Å². The van der Waals surface area contributed by atoms with Crippen molar-refractivity contribution < 1.29 is 35.9 Å². The van der Waals surface area contributed by atoms with Gasteiger partial charge in [-0.05, 0) is 48.4 Å². The van der Waals surface area contributed by atoms with Crippen molar-refractivity contribution in [3.8, 4) is 22.7 Å². The van der Waals surface area contributed by atoms with E-state index in [0.29, 0.717) is 16.7 Å². The van der Waals surface area contributed by atoms with Crippen LogP contribution >= 0.6 is 0 Å². The molecule has 4 aromatic rings. The van der Waals surface area contributed by atoms with Gasteiger partial charge in [-0.25, -0.2) is 22.9 Å². The zero-order valence-electron chi connectivity index (χ0n) is 22.0. The normalized spacial score (nSPS) is 12.0. The quantitative estimate of drug-likeness (QED) is 0.211. The number of ether oxygens (including phenoxy) is 2. The Labute approximate surface area is 233 Å². The van der Waals surface area contributed by atoms with Gasteiger partial charge >= 0.3 is 12.1 Å². The third kappa shape index (κ3) is 7.28. The average Bonchev–Trinajstić information content (AvgIpc) is 3.43. The molecule has 0 bridgehead atoms. The van der Waals surface area contributed by atoms with Crippen molar-refractivity contribution in [1.29, 1.82) is 0 Å². The summed E-state index contributed by atoms with van der Waals surface area (Å²) in [7, 11) is -2.21. The lowest BCUT2D eigenvalue weighted by atomic mass is 10.0. The number of carbonyl (C=O) groups excluding carboxylic acids is 1. The lowest BCUT2D eigenvalue weighted by molar-refractivity contribution is -0.141. The Morgan fingerprint density at radius 2 is 1.93 bits per heavy atom. The summed E-state index contributed by atoms with van der Waals surface area (Å²) in [5.74, 6) is -0.304. The Morgan fingerprint density at radius 3 is 2.59 bits per heavy atom. The molecule has 0 fully saturated rings. The molecule has 0 aliphatic rings. The monoisotopic (exact) mass is 587 g/mol. The third-order valence-electron chi connectivity index (χ3n) is 5.56. The van der Waals surface area contributed by atoms with Crippen LogP contribution in [0.15, 0.2) is 71.9 Å². The number of hydrogen-bond acceptors (Lipinski definition) is 9. The van der Waals surface area contributed by atoms with Crippen LogP contribution in [0, 0.1) is 0 Å². The van der Waals surface area contributed by atoms with Crippen LogP contribution in [0.5, 0.6) is 5.75 Å². The van der Waals surface area contributed by atoms with Crippen molar-refractivity contribution in [1.82, 2.24) is 19.7 Å². The fourth-order valence-electron chi connectivity index (χ4n) is 3.67. The van der Waals surface area contributed by atoms with Crippen molar-refractivity contribution in [2.24, 2.45) is 0 Å². The number of anilines is 2. The first kappa shape index (κ1) is 29.3. The van der Waals surface area contributed by atoms with Crippen molar-refractivity contribution in [3.63, 3.8) is 0 Å². The number of nitrogens with one attached hydrogen (secondary N) is 1. The predicted molar refractivity (Wildman–Crippen MR) is 145 cm³/mol. The number of esters is 1. The first-order valence-corrected chi connectivity index (χ1v) is 13.9. The molecular formula is C27H24F3N5O5S. The van der Waals surface area contributed by atoms with Crippen LogP contribution in [-0.2, 0) is 25.5 Å². The fourth-order valence-corrected chi connectivity index (χ4v) is 4.35. The number of aromatic nitrogens is 4. The summed E-state index contributed by atoms with van der Waals surface area (Å²) < 4.78 is 75.3. The second kappa shape index (κ2) is 11.8. The SMILES string of the molecule is CCOC(=O)C=Cc1cccc(-c2cnc(Nc3cc(OC)cc(S(C)(=O)=O)c3)nc2-n2ccc(C(F)(F)F)n2)c1. The van der Waals surface area contributed by atoms with Gasteiger partial charge in [-0.2, -0.15) is 23.3 Å². The predicted octanol–water partition coefficient (Wildman–Crippen LogP) is 5.08. The van der Waals surface area contributed by atoms with Gasteiger partial charge in [0.25, 0.3) is 0 Å². The highest BCUT2D eigenvalue weighted by molar-refractivity contribution is 7.90. The van der Waals surface area contributed by atoms with E-state index < -0.39 is 27.7 Å². The molecule has 2 aromatic heterocycles. The summed E-state index contributed by atoms with van der Waals surface area (Å²) in [6.07, 6.45) is 1.67. The van der Waals surface area contributed by atoms with Gasteiger partial charge < -0.3 is 14.8 Å². The van der Waals surface area contributed by atoms with Gasteiger partial charge in [0.15, 0.2) is 21.3 Å². The van der Waals surface area contributed by atoms with Gasteiger partial charge in [-0.15, -0.1) is 0 Å². The molecule has 214 valence electrons. The van der Waals surface area contributed by atoms with Crippen LogP contribution in [0.4, 0.5) is 24.8 Å². The van der Waals surface area contributed by atoms with E-state index in [2.05, 4.69) is 20.4 Å². The molecule has 41 heavy (non-hydrogen) atoms. The maximum atomic E-state index is 13.3. The number of nitrogens with zero attached hydrogens (tertiary/aromatic N) is 4. The molecule has 2 heterocycles. The van der Waals surface area contributed by atoms with Crippen LogP contribution < -0.4 is 10.1 Å². The number of rotatable bonds is 9. The van der Waals surface area contributed by atoms with Crippen LogP contribution in [0.25, 0.3) is 23.0 Å². The molecule has 0 radical (unpaired) electrons. The van der Waals surface area contributed by atoms with E-state index in [9.17, 15) is 26.4 Å². The van der Waals surface area contributed by atoms with Gasteiger partial charge in [0.2, 0.25) is 5.95 Å². The Morgan fingerprint density at radius 1 is 1.15 bits per heavy atom. The number of hydrogen-bond donors (Lipinski definition) is 1. The molecule has 0 aliphatic heterocycles. The van der Waals surface area contributed by atoms with Gasteiger partial charge in [0, 0.05) is 42.0 Å². The summed E-state index contributed by atoms with van der Waals surface area (Å²) in [4.78, 5) is 20.4. The third-order valence-corrected chi connectivity index (χ3v) is 6.65. The number of methoxy groups -OCH3 is 1. The van der Waals surface area contributed by atoms with Gasteiger partial charge in [0.05, 0.1) is 18.6 Å². The molecule has 0 aliphatic carbocycles. The van der Waals surface area contributed by atoms with Crippen molar-refractivity contribution in [2.45, 2.75) is 18.0 Å². The minimum Gasteiger partial charge on any atom is -0.497 e. The minimum atomic E-state index is -4.68. The van der Waals surface area contributed by atoms with Crippen LogP contribution in [0.2, 0.25) is 0 Å². The van der Waals surface area contributed by atoms with Gasteiger partial charge in [-0.3, -0.25) is 0 Å². The van der Waals surface area contributed by atoms with E-state index in [0.717, 1.165) is 23.2 Å². The standard InChI is InChI=1S/C27H24F3N5O5S/c1-4-40-24(36)9-8-17-6-5-7-18(12-17)22-16-31-26(33-25(22)35-11-10-23(34-35)27(28,29)30)32-19-13-20(39-2)15-21(14-19)41(3,37)38/h5-16H,4H2,1-3H3,(H,31,32,33). The fraction of sp³-hybridized carbons (Fsp3) is 0.185. The Kier molecular flexibility index (Phi) is 8.42. The number of benzene rings is 2. The smallest absolute Gasteiger partial charge is 0.435 e. The Balaban J connectivity index is 1.80. The molecule has 0 unspecified atom stereocenters. The summed E-state index contributed by atoms with van der Waals surface area (Å²) in [5, 5.41) is 6.54. The first-order chi connectivity index (χ1) is 19.4. The molecule has 0 saturated carbocycles. The molecule has 1 N–H and O–H groups in total. The molecule has 14 heteroatoms. The number of carbonyl (C=O) groups is 1. The van der Waals surface area contributed by atoms with E-state index in [1.54, 1.807) is 31.2 Å². The highest BCUT2D eigenvalue weighted by Gasteiger charge is 2.34. The molecular weight excluding hydrogens is 563 g/mol. The van der Waals surface area contributed by atoms with E-state index in [-0.39, 0.29) is 34.7 Å². The van der Waals surface area contributed by atoms with Gasteiger partial charge in [0.1, 0.15) is 5.75 Å². The van der Waals surface area contributed by atoms with E-state index >= 15 is 0 Å². The summed E-state index contributed by atoms with van der Waals surface area (Å²) in [6, 6.07) is 11.9. The highest BCUT2D eigenvalue weighted by atomic mass is 32.2. The zero-order chi connectivity index (χ0) is 29.8. The van der Waals surface area contributed by atoms with Gasteiger partial charge in [-0.1, -0.05) is 18.2 Å². The second-order valence-electron chi connectivity index (χ2n) is 8.58. The van der Waals surface area contributed by atoms with Crippen LogP contribution in [0.1, 0.15) is 18.2 Å². The second-order valence-corrected chi connectivity index (χ2v) is 10.6. The number of alkyl halides is 3. The molecule has 0 atom stereocenters. The van der Waals surface area contributed by atoms with Crippen molar-refractivity contribution >= 4 is 33.5 Å². The number of halogens is 3. The lowest BCUT2D eigenvalue weighted by Gasteiger charge is -2.13. The molecule has 10 nitrogen and oxygen atoms in total. The maximum absolute atomic E-state index is 13.3. The zero-order valence-corrected chi connectivity index (χ0v) is 22.8. The number of sulfone groups is 1. The largest absolute Gasteiger partial charge is 0.497 e. The summed E-state index contributed by atoms with van der Waals surface area (Å²) in [5.41, 5.74) is 0.632. The molecule has 4 rings (SSSR count). The van der Waals surface area contributed by atoms with Crippen molar-refractivity contribution in [3.05, 3.63) is 78.3 Å². The lowest BCUT2D eigenvalue weighted by Crippen LogP contribution is -2.10. The first-order valence-electron chi connectivity index (χ1n) is 12.0. The highest BCUT2D eigenvalue weighted by Crippen LogP contribution is 2.32. The Hall–Kier alpha value is -4.72. The molecule has 0 spiro atoms. The molecule has 0 saturated heterocycles. The average molecular weight is 588 g/mol. The maximum Gasteiger partial charge on any atom is 0.435 e. The minimum absolute atomic E-state index is 0.00996. The van der Waals surface area contributed by atoms with E-state index in [1.165, 1.54) is 43.7 Å². The van der Waals surface area contributed by atoms with E-state index in [4.69, 9.17) is 9.47 Å². The summed E-state index contributed by atoms with van der Waals surface area (Å²) >= 11 is 0. The molecule has 2 aromatic carbocycles. The topological polar surface area (TPSA) is 125 Å². The summed E-state index contributed by atoms with van der Waals surface area (Å²) in [6.45, 7) is 1.91. The molecule has 0 amide bonds. The van der Waals surface area contributed by atoms with Crippen molar-refractivity contribution in [2.75, 3.05) is 25.3 Å². The Bertz CT molecular complexity index is 1720. The van der Waals surface area contributed by atoms with Crippen LogP contribution in [0.3, 0.4) is 0 Å².